The Morgan fingerprint density at radius 2 is 2.24 bits per heavy atom. The molecule has 0 aromatic carbocycles. The van der Waals surface area contributed by atoms with Crippen LogP contribution in [0.4, 0.5) is 0 Å². The van der Waals surface area contributed by atoms with Gasteiger partial charge in [0.25, 0.3) is 0 Å². The lowest BCUT2D eigenvalue weighted by Gasteiger charge is -2.35. The van der Waals surface area contributed by atoms with Gasteiger partial charge in [0.05, 0.1) is 11.5 Å². The summed E-state index contributed by atoms with van der Waals surface area (Å²) in [5.41, 5.74) is 2.57. The Morgan fingerprint density at radius 3 is 2.71 bits per heavy atom. The molecule has 1 aliphatic heterocycles. The molecule has 1 atom stereocenters. The second kappa shape index (κ2) is 5.68. The lowest BCUT2D eigenvalue weighted by molar-refractivity contribution is 0.339. The molecule has 1 fully saturated rings. The van der Waals surface area contributed by atoms with Crippen molar-refractivity contribution in [3.05, 3.63) is 0 Å². The Bertz CT molecular complexity index is 378. The van der Waals surface area contributed by atoms with Crippen molar-refractivity contribution in [2.45, 2.75) is 26.8 Å². The molecule has 17 heavy (non-hydrogen) atoms. The number of nitrogens with zero attached hydrogens (tertiary/aromatic N) is 2. The van der Waals surface area contributed by atoms with Gasteiger partial charge in [-0.2, -0.15) is 0 Å². The fourth-order valence-corrected chi connectivity index (χ4v) is 3.36. The number of nitrogens with two attached hydrogens (primary N) is 1. The molecule has 0 amide bonds. The van der Waals surface area contributed by atoms with Crippen LogP contribution in [0.1, 0.15) is 20.8 Å². The highest BCUT2D eigenvalue weighted by molar-refractivity contribution is 7.91. The molecule has 0 aromatic rings. The van der Waals surface area contributed by atoms with Crippen molar-refractivity contribution in [2.75, 3.05) is 24.6 Å². The van der Waals surface area contributed by atoms with Gasteiger partial charge in [-0.05, 0) is 12.8 Å². The average molecular weight is 262 g/mol. The predicted molar refractivity (Wildman–Crippen MR) is 69.3 cm³/mol. The van der Waals surface area contributed by atoms with E-state index >= 15 is 0 Å². The maximum atomic E-state index is 11.5. The van der Waals surface area contributed by atoms with Crippen LogP contribution in [0, 0.1) is 5.92 Å². The minimum Gasteiger partial charge on any atom is -0.337 e. The molecule has 1 saturated heterocycles. The highest BCUT2D eigenvalue weighted by Crippen LogP contribution is 2.11. The van der Waals surface area contributed by atoms with E-state index in [1.165, 1.54) is 0 Å². The lowest BCUT2D eigenvalue weighted by atomic mass is 10.2. The van der Waals surface area contributed by atoms with Gasteiger partial charge in [0.2, 0.25) is 5.96 Å². The number of aliphatic imine (C=N–C) groups is 1. The summed E-state index contributed by atoms with van der Waals surface area (Å²) in [5, 5.41) is 0. The van der Waals surface area contributed by atoms with Gasteiger partial charge in [0.15, 0.2) is 9.84 Å². The third-order valence-corrected chi connectivity index (χ3v) is 4.47. The second-order valence-electron chi connectivity index (χ2n) is 4.86. The topological polar surface area (TPSA) is 87.8 Å². The van der Waals surface area contributed by atoms with Crippen molar-refractivity contribution in [1.82, 2.24) is 10.3 Å². The Morgan fingerprint density at radius 1 is 1.59 bits per heavy atom. The molecule has 3 N–H and O–H groups in total. The second-order valence-corrected chi connectivity index (χ2v) is 7.09. The van der Waals surface area contributed by atoms with Crippen molar-refractivity contribution in [3.63, 3.8) is 0 Å². The average Bonchev–Trinajstić information content (AvgIpc) is 2.20. The molecule has 0 aliphatic carbocycles. The summed E-state index contributed by atoms with van der Waals surface area (Å²) >= 11 is 0. The third-order valence-electron chi connectivity index (χ3n) is 2.68. The van der Waals surface area contributed by atoms with E-state index in [0.29, 0.717) is 25.0 Å². The van der Waals surface area contributed by atoms with Crippen LogP contribution in [0.3, 0.4) is 0 Å². The summed E-state index contributed by atoms with van der Waals surface area (Å²) in [7, 11) is -2.90. The smallest absolute Gasteiger partial charge is 0.208 e. The molecule has 1 aliphatic rings. The molecular formula is C10H22N4O2S. The fraction of sp³-hybridized carbons (Fsp3) is 0.900. The van der Waals surface area contributed by atoms with Gasteiger partial charge in [-0.25, -0.2) is 14.3 Å². The van der Waals surface area contributed by atoms with Gasteiger partial charge in [-0.1, -0.05) is 13.8 Å². The zero-order chi connectivity index (χ0) is 13.1. The minimum atomic E-state index is -2.90. The monoisotopic (exact) mass is 262 g/mol. The highest BCUT2D eigenvalue weighted by Gasteiger charge is 2.29. The molecule has 0 bridgehead atoms. The van der Waals surface area contributed by atoms with E-state index < -0.39 is 9.84 Å². The highest BCUT2D eigenvalue weighted by atomic mass is 32.2. The Hall–Kier alpha value is -0.820. The van der Waals surface area contributed by atoms with Gasteiger partial charge < -0.3 is 4.90 Å². The number of sulfone groups is 1. The quantitative estimate of drug-likeness (QED) is 0.305. The fourth-order valence-electron chi connectivity index (χ4n) is 1.80. The molecule has 0 spiro atoms. The van der Waals surface area contributed by atoms with E-state index in [2.05, 4.69) is 24.3 Å². The van der Waals surface area contributed by atoms with Gasteiger partial charge in [0, 0.05) is 19.1 Å². The van der Waals surface area contributed by atoms with Gasteiger partial charge in [-0.3, -0.25) is 10.4 Å². The van der Waals surface area contributed by atoms with E-state index in [-0.39, 0.29) is 17.5 Å². The molecule has 100 valence electrons. The van der Waals surface area contributed by atoms with Crippen LogP contribution in [0.15, 0.2) is 4.99 Å². The molecule has 6 nitrogen and oxygen atoms in total. The largest absolute Gasteiger partial charge is 0.337 e. The zero-order valence-electron chi connectivity index (χ0n) is 10.7. The molecule has 0 radical (unpaired) electrons. The van der Waals surface area contributed by atoms with Gasteiger partial charge >= 0.3 is 0 Å². The van der Waals surface area contributed by atoms with Crippen molar-refractivity contribution < 1.29 is 8.42 Å². The van der Waals surface area contributed by atoms with Crippen LogP contribution >= 0.6 is 0 Å². The van der Waals surface area contributed by atoms with Crippen LogP contribution in [-0.4, -0.2) is 49.9 Å². The van der Waals surface area contributed by atoms with Crippen molar-refractivity contribution in [2.24, 2.45) is 16.8 Å². The lowest BCUT2D eigenvalue weighted by Crippen LogP contribution is -2.55. The maximum absolute atomic E-state index is 11.5. The van der Waals surface area contributed by atoms with Crippen LogP contribution < -0.4 is 11.3 Å². The number of hydrogen-bond acceptors (Lipinski definition) is 4. The van der Waals surface area contributed by atoms with Crippen molar-refractivity contribution in [3.8, 4) is 0 Å². The predicted octanol–water partition coefficient (Wildman–Crippen LogP) is -0.419. The molecule has 1 heterocycles. The van der Waals surface area contributed by atoms with Crippen molar-refractivity contribution >= 4 is 15.8 Å². The molecular weight excluding hydrogens is 240 g/mol. The summed E-state index contributed by atoms with van der Waals surface area (Å²) in [4.78, 5) is 6.30. The SMILES string of the molecule is CC(C)CN=C(NN)N1CCS(=O)(=O)CC1C. The molecule has 7 heteroatoms. The third kappa shape index (κ3) is 4.16. The van der Waals surface area contributed by atoms with E-state index in [9.17, 15) is 8.42 Å². The first-order valence-corrected chi connectivity index (χ1v) is 7.66. The standard InChI is InChI=1S/C10H22N4O2S/c1-8(2)6-12-10(13-11)14-4-5-17(15,16)7-9(14)3/h8-9H,4-7,11H2,1-3H3,(H,12,13). The number of nitrogens with one attached hydrogen (secondary N) is 1. The van der Waals surface area contributed by atoms with Crippen molar-refractivity contribution in [1.29, 1.82) is 0 Å². The summed E-state index contributed by atoms with van der Waals surface area (Å²) < 4.78 is 22.9. The summed E-state index contributed by atoms with van der Waals surface area (Å²) in [5.74, 6) is 6.81. The van der Waals surface area contributed by atoms with E-state index in [1.807, 2.05) is 11.8 Å². The van der Waals surface area contributed by atoms with Crippen LogP contribution in [0.5, 0.6) is 0 Å². The first-order chi connectivity index (χ1) is 7.85. The number of hydrazine groups is 1. The molecule has 0 saturated carbocycles. The van der Waals surface area contributed by atoms with Crippen LogP contribution in [-0.2, 0) is 9.84 Å². The summed E-state index contributed by atoms with van der Waals surface area (Å²) in [6, 6.07) is -0.0873. The van der Waals surface area contributed by atoms with Crippen LogP contribution in [0.2, 0.25) is 0 Å². The van der Waals surface area contributed by atoms with E-state index in [4.69, 9.17) is 5.84 Å². The van der Waals surface area contributed by atoms with Crippen LogP contribution in [0.25, 0.3) is 0 Å². The van der Waals surface area contributed by atoms with E-state index in [0.717, 1.165) is 0 Å². The Balaban J connectivity index is 2.74. The number of hydrogen-bond donors (Lipinski definition) is 2. The van der Waals surface area contributed by atoms with Gasteiger partial charge in [-0.15, -0.1) is 0 Å². The first-order valence-electron chi connectivity index (χ1n) is 5.84. The van der Waals surface area contributed by atoms with E-state index in [1.54, 1.807) is 0 Å². The zero-order valence-corrected chi connectivity index (χ0v) is 11.5. The van der Waals surface area contributed by atoms with Gasteiger partial charge in [0.1, 0.15) is 0 Å². The molecule has 1 unspecified atom stereocenters. The number of guanidine groups is 1. The maximum Gasteiger partial charge on any atom is 0.208 e. The normalized spacial score (nSPS) is 25.1. The Labute approximate surface area is 103 Å². The molecule has 0 aromatic heterocycles. The first kappa shape index (κ1) is 14.2. The summed E-state index contributed by atoms with van der Waals surface area (Å²) in [6.07, 6.45) is 0. The summed E-state index contributed by atoms with van der Waals surface area (Å²) in [6.45, 7) is 7.14. The number of rotatable bonds is 2. The Kier molecular flexibility index (Phi) is 4.76. The minimum absolute atomic E-state index is 0.0873. The molecule has 1 rings (SSSR count).